The monoisotopic (exact) mass is 231 g/mol. The molecule has 1 rings (SSSR count). The van der Waals surface area contributed by atoms with Gasteiger partial charge in [0.05, 0.1) is 0 Å². The van der Waals surface area contributed by atoms with Crippen molar-refractivity contribution in [1.29, 1.82) is 0 Å². The van der Waals surface area contributed by atoms with E-state index >= 15 is 0 Å². The number of hydrogen-bond donors (Lipinski definition) is 1. The third-order valence-electron chi connectivity index (χ3n) is 1.02. The quantitative estimate of drug-likeness (QED) is 0.790. The molecule has 0 fully saturated rings. The van der Waals surface area contributed by atoms with Gasteiger partial charge in [-0.3, -0.25) is 0 Å². The second kappa shape index (κ2) is 4.67. The number of hydrogen-bond acceptors (Lipinski definition) is 2. The van der Waals surface area contributed by atoms with E-state index in [-0.39, 0.29) is 16.8 Å². The van der Waals surface area contributed by atoms with Gasteiger partial charge in [-0.15, -0.1) is 0 Å². The molecule has 1 atom stereocenters. The van der Waals surface area contributed by atoms with Gasteiger partial charge in [0, 0.05) is 23.4 Å². The Kier molecular flexibility index (Phi) is 4.56. The van der Waals surface area contributed by atoms with Crippen molar-refractivity contribution < 1.29 is 30.8 Å². The average Bonchev–Trinajstić information content (AvgIpc) is 1.85. The van der Waals surface area contributed by atoms with Gasteiger partial charge in [-0.05, 0) is 12.1 Å². The van der Waals surface area contributed by atoms with Crippen LogP contribution in [0.2, 0.25) is 0 Å². The Morgan fingerprint density at radius 3 is 2.25 bits per heavy atom. The summed E-state index contributed by atoms with van der Waals surface area (Å²) in [5.41, 5.74) is 0. The van der Waals surface area contributed by atoms with E-state index in [1.165, 1.54) is 0 Å². The topological polar surface area (TPSA) is 46.5 Å². The van der Waals surface area contributed by atoms with Gasteiger partial charge in [0.15, 0.2) is 0 Å². The zero-order chi connectivity index (χ0) is 8.32. The number of benzene rings is 1. The van der Waals surface area contributed by atoms with E-state index in [1.54, 1.807) is 24.3 Å². The SMILES string of the molecule is CP(=O)(O)Oc1ccccc1.[Co]. The van der Waals surface area contributed by atoms with Crippen LogP contribution in [0.1, 0.15) is 0 Å². The van der Waals surface area contributed by atoms with Crippen LogP contribution < -0.4 is 4.52 Å². The van der Waals surface area contributed by atoms with Gasteiger partial charge in [0.1, 0.15) is 5.75 Å². The van der Waals surface area contributed by atoms with Crippen LogP contribution >= 0.6 is 7.60 Å². The zero-order valence-electron chi connectivity index (χ0n) is 6.43. The molecule has 0 amide bonds. The molecule has 1 radical (unpaired) electrons. The van der Waals surface area contributed by atoms with E-state index in [0.29, 0.717) is 5.75 Å². The summed E-state index contributed by atoms with van der Waals surface area (Å²) in [6, 6.07) is 8.56. The molecule has 0 aliphatic heterocycles. The summed E-state index contributed by atoms with van der Waals surface area (Å²) < 4.78 is 15.4. The first-order chi connectivity index (χ1) is 5.08. The van der Waals surface area contributed by atoms with Crippen molar-refractivity contribution in [3.8, 4) is 5.75 Å². The predicted octanol–water partition coefficient (Wildman–Crippen LogP) is 1.88. The van der Waals surface area contributed by atoms with Crippen LogP contribution in [0, 0.1) is 0 Å². The molecule has 0 saturated heterocycles. The zero-order valence-corrected chi connectivity index (χ0v) is 8.37. The first kappa shape index (κ1) is 11.7. The molecule has 1 aromatic carbocycles. The van der Waals surface area contributed by atoms with E-state index in [1.807, 2.05) is 6.07 Å². The smallest absolute Gasteiger partial charge is 0.373 e. The van der Waals surface area contributed by atoms with Gasteiger partial charge in [0.25, 0.3) is 0 Å². The maximum Gasteiger partial charge on any atom is 0.373 e. The van der Waals surface area contributed by atoms with Crippen molar-refractivity contribution in [3.05, 3.63) is 30.3 Å². The van der Waals surface area contributed by atoms with Crippen molar-refractivity contribution in [3.63, 3.8) is 0 Å². The normalized spacial score (nSPS) is 14.2. The van der Waals surface area contributed by atoms with Crippen LogP contribution in [0.5, 0.6) is 5.75 Å². The molecule has 1 unspecified atom stereocenters. The molecule has 1 aromatic rings. The summed E-state index contributed by atoms with van der Waals surface area (Å²) in [5.74, 6) is 0.417. The first-order valence-electron chi connectivity index (χ1n) is 3.13. The molecule has 0 bridgehead atoms. The van der Waals surface area contributed by atoms with Crippen LogP contribution in [0.4, 0.5) is 0 Å². The van der Waals surface area contributed by atoms with Gasteiger partial charge in [-0.1, -0.05) is 18.2 Å². The first-order valence-corrected chi connectivity index (χ1v) is 5.15. The van der Waals surface area contributed by atoms with E-state index < -0.39 is 7.60 Å². The van der Waals surface area contributed by atoms with Gasteiger partial charge < -0.3 is 9.42 Å². The second-order valence-electron chi connectivity index (χ2n) is 2.21. The minimum atomic E-state index is -3.39. The molecule has 3 nitrogen and oxygen atoms in total. The standard InChI is InChI=1S/C7H9O3P.Co/c1-11(8,9)10-7-5-3-2-4-6-7;/h2-6H,1H3,(H,8,9);. The maximum absolute atomic E-state index is 10.7. The molecule has 5 heteroatoms. The van der Waals surface area contributed by atoms with E-state index in [0.717, 1.165) is 6.66 Å². The summed E-state index contributed by atoms with van der Waals surface area (Å²) in [4.78, 5) is 8.80. The Hall–Kier alpha value is -0.284. The summed E-state index contributed by atoms with van der Waals surface area (Å²) >= 11 is 0. The summed E-state index contributed by atoms with van der Waals surface area (Å²) in [6.45, 7) is 1.15. The van der Waals surface area contributed by atoms with Crippen LogP contribution in [-0.4, -0.2) is 11.6 Å². The van der Waals surface area contributed by atoms with Crippen molar-refractivity contribution in [1.82, 2.24) is 0 Å². The molecule has 0 aliphatic rings. The molecule has 69 valence electrons. The minimum absolute atomic E-state index is 0. The Bertz CT molecular complexity index is 269. The molecular weight excluding hydrogens is 222 g/mol. The summed E-state index contributed by atoms with van der Waals surface area (Å²) in [6.07, 6.45) is 0. The fraction of sp³-hybridized carbons (Fsp3) is 0.143. The van der Waals surface area contributed by atoms with Crippen LogP contribution in [-0.2, 0) is 21.3 Å². The van der Waals surface area contributed by atoms with Crippen molar-refractivity contribution >= 4 is 7.60 Å². The van der Waals surface area contributed by atoms with Gasteiger partial charge in [0.2, 0.25) is 0 Å². The Morgan fingerprint density at radius 2 is 1.83 bits per heavy atom. The minimum Gasteiger partial charge on any atom is -0.425 e. The Labute approximate surface area is 81.5 Å². The molecule has 0 heterocycles. The molecule has 0 spiro atoms. The van der Waals surface area contributed by atoms with Crippen molar-refractivity contribution in [2.45, 2.75) is 0 Å². The third kappa shape index (κ3) is 4.57. The molecule has 1 N–H and O–H groups in total. The fourth-order valence-corrected chi connectivity index (χ4v) is 1.19. The number of para-hydroxylation sites is 1. The Morgan fingerprint density at radius 1 is 1.33 bits per heavy atom. The predicted molar refractivity (Wildman–Crippen MR) is 42.8 cm³/mol. The molecular formula is C7H9CoO3P. The largest absolute Gasteiger partial charge is 0.425 e. The van der Waals surface area contributed by atoms with Gasteiger partial charge in [-0.25, -0.2) is 4.57 Å². The maximum atomic E-state index is 10.7. The van der Waals surface area contributed by atoms with Gasteiger partial charge in [-0.2, -0.15) is 0 Å². The van der Waals surface area contributed by atoms with Gasteiger partial charge >= 0.3 is 7.60 Å². The van der Waals surface area contributed by atoms with E-state index in [2.05, 4.69) is 0 Å². The van der Waals surface area contributed by atoms with Crippen molar-refractivity contribution in [2.75, 3.05) is 6.66 Å². The van der Waals surface area contributed by atoms with Crippen molar-refractivity contribution in [2.24, 2.45) is 0 Å². The molecule has 0 saturated carbocycles. The summed E-state index contributed by atoms with van der Waals surface area (Å²) in [7, 11) is -3.39. The fourth-order valence-electron chi connectivity index (χ4n) is 0.677. The molecule has 0 aliphatic carbocycles. The Balaban J connectivity index is 0.00000121. The summed E-state index contributed by atoms with van der Waals surface area (Å²) in [5, 5.41) is 0. The third-order valence-corrected chi connectivity index (χ3v) is 1.57. The van der Waals surface area contributed by atoms with E-state index in [9.17, 15) is 4.57 Å². The van der Waals surface area contributed by atoms with E-state index in [4.69, 9.17) is 9.42 Å². The van der Waals surface area contributed by atoms with Crippen LogP contribution in [0.25, 0.3) is 0 Å². The number of rotatable bonds is 2. The van der Waals surface area contributed by atoms with Crippen LogP contribution in [0.15, 0.2) is 30.3 Å². The molecule has 12 heavy (non-hydrogen) atoms. The second-order valence-corrected chi connectivity index (χ2v) is 4.00. The molecule has 0 aromatic heterocycles. The van der Waals surface area contributed by atoms with Crippen LogP contribution in [0.3, 0.4) is 0 Å². The average molecular weight is 231 g/mol.